The molecule has 2 rings (SSSR count). The summed E-state index contributed by atoms with van der Waals surface area (Å²) < 4.78 is 5.92. The first kappa shape index (κ1) is 11.7. The van der Waals surface area contributed by atoms with E-state index in [1.165, 1.54) is 12.8 Å². The lowest BCUT2D eigenvalue weighted by atomic mass is 10.1. The van der Waals surface area contributed by atoms with Gasteiger partial charge in [-0.3, -0.25) is 4.99 Å². The monoisotopic (exact) mass is 225 g/mol. The van der Waals surface area contributed by atoms with Gasteiger partial charge in [0.25, 0.3) is 0 Å². The van der Waals surface area contributed by atoms with E-state index in [1.54, 1.807) is 0 Å². The molecule has 4 nitrogen and oxygen atoms in total. The average molecular weight is 225 g/mol. The summed E-state index contributed by atoms with van der Waals surface area (Å²) in [5.41, 5.74) is 0. The zero-order valence-electron chi connectivity index (χ0n) is 10.4. The Morgan fingerprint density at radius 2 is 2.00 bits per heavy atom. The van der Waals surface area contributed by atoms with E-state index in [9.17, 15) is 0 Å². The Bertz CT molecular complexity index is 243. The molecule has 1 aliphatic carbocycles. The molecule has 2 fully saturated rings. The topological polar surface area (TPSA) is 36.9 Å². The minimum Gasteiger partial charge on any atom is -0.378 e. The quantitative estimate of drug-likeness (QED) is 0.577. The summed E-state index contributed by atoms with van der Waals surface area (Å²) in [6.07, 6.45) is 5.50. The second-order valence-electron chi connectivity index (χ2n) is 4.76. The number of nitrogens with zero attached hydrogens (tertiary/aromatic N) is 2. The Labute approximate surface area is 98.1 Å². The van der Waals surface area contributed by atoms with Crippen molar-refractivity contribution < 1.29 is 4.74 Å². The molecule has 0 atom stereocenters. The van der Waals surface area contributed by atoms with Crippen molar-refractivity contribution in [2.45, 2.75) is 31.8 Å². The maximum absolute atomic E-state index is 5.92. The summed E-state index contributed by atoms with van der Waals surface area (Å²) in [6, 6.07) is 0. The molecule has 1 aliphatic heterocycles. The summed E-state index contributed by atoms with van der Waals surface area (Å²) in [5, 5.41) is 3.13. The molecule has 16 heavy (non-hydrogen) atoms. The highest BCUT2D eigenvalue weighted by atomic mass is 16.5. The van der Waals surface area contributed by atoms with Crippen LogP contribution in [0.1, 0.15) is 25.7 Å². The third kappa shape index (κ3) is 3.11. The molecule has 1 heterocycles. The lowest BCUT2D eigenvalue weighted by molar-refractivity contribution is 0.0131. The number of hydrogen-bond donors (Lipinski definition) is 1. The van der Waals surface area contributed by atoms with Gasteiger partial charge in [0.2, 0.25) is 0 Å². The van der Waals surface area contributed by atoms with Crippen LogP contribution in [0, 0.1) is 5.92 Å². The number of guanidine groups is 1. The van der Waals surface area contributed by atoms with Gasteiger partial charge >= 0.3 is 0 Å². The van der Waals surface area contributed by atoms with Gasteiger partial charge in [0, 0.05) is 33.8 Å². The molecule has 0 aromatic rings. The second kappa shape index (κ2) is 5.53. The number of piperidine rings is 1. The van der Waals surface area contributed by atoms with Gasteiger partial charge in [0.15, 0.2) is 5.96 Å². The molecular formula is C12H23N3O. The fraction of sp³-hybridized carbons (Fsp3) is 0.917. The van der Waals surface area contributed by atoms with Crippen LogP contribution in [0.2, 0.25) is 0 Å². The standard InChI is InChI=1S/C12H23N3O/c1-13-12(14-2)15-7-5-11(6-8-15)16-9-10-3-4-10/h10-11H,3-9H2,1-2H3,(H,13,14). The third-order valence-corrected chi connectivity index (χ3v) is 3.44. The first-order chi connectivity index (χ1) is 7.83. The Morgan fingerprint density at radius 3 is 2.50 bits per heavy atom. The van der Waals surface area contributed by atoms with Gasteiger partial charge in [-0.25, -0.2) is 0 Å². The van der Waals surface area contributed by atoms with E-state index < -0.39 is 0 Å². The highest BCUT2D eigenvalue weighted by molar-refractivity contribution is 5.79. The second-order valence-corrected chi connectivity index (χ2v) is 4.76. The molecule has 4 heteroatoms. The van der Waals surface area contributed by atoms with Crippen molar-refractivity contribution in [1.82, 2.24) is 10.2 Å². The molecule has 0 amide bonds. The molecule has 0 aromatic carbocycles. The highest BCUT2D eigenvalue weighted by Gasteiger charge is 2.25. The van der Waals surface area contributed by atoms with Crippen molar-refractivity contribution in [3.05, 3.63) is 0 Å². The zero-order valence-corrected chi connectivity index (χ0v) is 10.4. The van der Waals surface area contributed by atoms with Crippen molar-refractivity contribution in [3.8, 4) is 0 Å². The van der Waals surface area contributed by atoms with Crippen molar-refractivity contribution in [2.75, 3.05) is 33.8 Å². The molecule has 2 aliphatic rings. The minimum absolute atomic E-state index is 0.479. The van der Waals surface area contributed by atoms with Gasteiger partial charge in [-0.15, -0.1) is 0 Å². The predicted molar refractivity (Wildman–Crippen MR) is 65.7 cm³/mol. The molecule has 0 aromatic heterocycles. The zero-order chi connectivity index (χ0) is 11.4. The van der Waals surface area contributed by atoms with E-state index in [0.717, 1.165) is 44.4 Å². The Balaban J connectivity index is 1.68. The van der Waals surface area contributed by atoms with Gasteiger partial charge in [-0.2, -0.15) is 0 Å². The maximum atomic E-state index is 5.92. The molecular weight excluding hydrogens is 202 g/mol. The molecule has 0 radical (unpaired) electrons. The van der Waals surface area contributed by atoms with Gasteiger partial charge in [0.1, 0.15) is 0 Å². The van der Waals surface area contributed by atoms with Gasteiger partial charge in [-0.1, -0.05) is 0 Å². The molecule has 1 saturated heterocycles. The van der Waals surface area contributed by atoms with Crippen LogP contribution in [0.3, 0.4) is 0 Å². The van der Waals surface area contributed by atoms with E-state index in [-0.39, 0.29) is 0 Å². The maximum Gasteiger partial charge on any atom is 0.193 e. The normalized spacial score (nSPS) is 23.6. The molecule has 0 bridgehead atoms. The smallest absolute Gasteiger partial charge is 0.193 e. The van der Waals surface area contributed by atoms with Crippen LogP contribution in [0.4, 0.5) is 0 Å². The Kier molecular flexibility index (Phi) is 4.04. The van der Waals surface area contributed by atoms with Crippen LogP contribution >= 0.6 is 0 Å². The van der Waals surface area contributed by atoms with Crippen LogP contribution in [0.5, 0.6) is 0 Å². The number of likely N-dealkylation sites (tertiary alicyclic amines) is 1. The van der Waals surface area contributed by atoms with Crippen molar-refractivity contribution in [3.63, 3.8) is 0 Å². The summed E-state index contributed by atoms with van der Waals surface area (Å²) in [4.78, 5) is 6.53. The molecule has 1 N–H and O–H groups in total. The molecule has 1 saturated carbocycles. The van der Waals surface area contributed by atoms with Gasteiger partial charge in [0.05, 0.1) is 6.10 Å². The van der Waals surface area contributed by atoms with Crippen LogP contribution in [-0.4, -0.2) is 50.8 Å². The van der Waals surface area contributed by atoms with Crippen LogP contribution < -0.4 is 5.32 Å². The lowest BCUT2D eigenvalue weighted by Gasteiger charge is -2.33. The summed E-state index contributed by atoms with van der Waals surface area (Å²) in [5.74, 6) is 1.88. The number of hydrogen-bond acceptors (Lipinski definition) is 2. The van der Waals surface area contributed by atoms with Crippen molar-refractivity contribution >= 4 is 5.96 Å². The van der Waals surface area contributed by atoms with E-state index in [1.807, 2.05) is 14.1 Å². The van der Waals surface area contributed by atoms with Crippen LogP contribution in [0.15, 0.2) is 4.99 Å². The van der Waals surface area contributed by atoms with E-state index in [2.05, 4.69) is 15.2 Å². The third-order valence-electron chi connectivity index (χ3n) is 3.44. The van der Waals surface area contributed by atoms with E-state index in [0.29, 0.717) is 6.10 Å². The number of ether oxygens (including phenoxy) is 1. The predicted octanol–water partition coefficient (Wildman–Crippen LogP) is 1.08. The SMILES string of the molecule is CN=C(NC)N1CCC(OCC2CC2)CC1. The summed E-state index contributed by atoms with van der Waals surface area (Å²) in [6.45, 7) is 3.11. The number of aliphatic imine (C=N–C) groups is 1. The molecule has 0 unspecified atom stereocenters. The average Bonchev–Trinajstić information content (AvgIpc) is 3.13. The van der Waals surface area contributed by atoms with Crippen molar-refractivity contribution in [1.29, 1.82) is 0 Å². The van der Waals surface area contributed by atoms with Gasteiger partial charge in [-0.05, 0) is 31.6 Å². The Morgan fingerprint density at radius 1 is 1.31 bits per heavy atom. The lowest BCUT2D eigenvalue weighted by Crippen LogP contribution is -2.45. The van der Waals surface area contributed by atoms with Crippen LogP contribution in [0.25, 0.3) is 0 Å². The van der Waals surface area contributed by atoms with E-state index in [4.69, 9.17) is 4.74 Å². The fourth-order valence-corrected chi connectivity index (χ4v) is 2.20. The Hall–Kier alpha value is -0.770. The number of nitrogens with one attached hydrogen (secondary N) is 1. The summed E-state index contributed by atoms with van der Waals surface area (Å²) >= 11 is 0. The van der Waals surface area contributed by atoms with Gasteiger partial charge < -0.3 is 15.0 Å². The minimum atomic E-state index is 0.479. The molecule has 0 spiro atoms. The number of rotatable bonds is 3. The van der Waals surface area contributed by atoms with Crippen molar-refractivity contribution in [2.24, 2.45) is 10.9 Å². The largest absolute Gasteiger partial charge is 0.378 e. The fourth-order valence-electron chi connectivity index (χ4n) is 2.20. The first-order valence-corrected chi connectivity index (χ1v) is 6.34. The summed E-state index contributed by atoms with van der Waals surface area (Å²) in [7, 11) is 3.76. The first-order valence-electron chi connectivity index (χ1n) is 6.34. The van der Waals surface area contributed by atoms with E-state index >= 15 is 0 Å². The molecule has 92 valence electrons. The highest BCUT2D eigenvalue weighted by Crippen LogP contribution is 2.30. The van der Waals surface area contributed by atoms with Crippen LogP contribution in [-0.2, 0) is 4.74 Å².